The van der Waals surface area contributed by atoms with Gasteiger partial charge >= 0.3 is 0 Å². The fraction of sp³-hybridized carbons (Fsp3) is 0.429. The molecule has 0 aliphatic carbocycles. The zero-order valence-corrected chi connectivity index (χ0v) is 6.16. The molecule has 1 unspecified atom stereocenters. The van der Waals surface area contributed by atoms with Gasteiger partial charge in [0.1, 0.15) is 0 Å². The van der Waals surface area contributed by atoms with Crippen LogP contribution in [-0.4, -0.2) is 17.9 Å². The second-order valence-corrected chi connectivity index (χ2v) is 2.21. The summed E-state index contributed by atoms with van der Waals surface area (Å²) >= 11 is 0. The molecule has 0 radical (unpaired) electrons. The number of rotatable bonds is 2. The maximum atomic E-state index is 10.8. The summed E-state index contributed by atoms with van der Waals surface area (Å²) in [5.74, 6) is -0.627. The maximum absolute atomic E-state index is 10.8. The van der Waals surface area contributed by atoms with Gasteiger partial charge in [-0.1, -0.05) is 6.08 Å². The first-order valence-corrected chi connectivity index (χ1v) is 3.34. The highest BCUT2D eigenvalue weighted by Crippen LogP contribution is 2.06. The topological polar surface area (TPSA) is 55.4 Å². The van der Waals surface area contributed by atoms with E-state index in [-0.39, 0.29) is 18.2 Å². The third-order valence-corrected chi connectivity index (χ3v) is 1.30. The Morgan fingerprint density at radius 2 is 2.36 bits per heavy atom. The maximum Gasteiger partial charge on any atom is 0.268 e. The van der Waals surface area contributed by atoms with E-state index in [2.05, 4.69) is 5.32 Å². The van der Waals surface area contributed by atoms with Crippen molar-refractivity contribution in [2.24, 2.45) is 0 Å². The molecule has 0 aromatic heterocycles. The van der Waals surface area contributed by atoms with Crippen LogP contribution in [0.1, 0.15) is 13.3 Å². The molecule has 4 heteroatoms. The summed E-state index contributed by atoms with van der Waals surface area (Å²) in [5, 5.41) is 2.14. The van der Waals surface area contributed by atoms with Crippen LogP contribution in [-0.2, 0) is 14.3 Å². The number of carbonyl (C=O) groups excluding carboxylic acids is 2. The summed E-state index contributed by atoms with van der Waals surface area (Å²) in [7, 11) is 0. The Morgan fingerprint density at radius 3 is 2.82 bits per heavy atom. The molecule has 1 aliphatic rings. The van der Waals surface area contributed by atoms with E-state index < -0.39 is 6.10 Å². The highest BCUT2D eigenvalue weighted by molar-refractivity contribution is 6.04. The van der Waals surface area contributed by atoms with Crippen molar-refractivity contribution in [2.75, 3.05) is 0 Å². The van der Waals surface area contributed by atoms with Crippen LogP contribution in [0.5, 0.6) is 0 Å². The van der Waals surface area contributed by atoms with Gasteiger partial charge in [0.2, 0.25) is 5.91 Å². The minimum atomic E-state index is -0.626. The largest absolute Gasteiger partial charge is 0.488 e. The summed E-state index contributed by atoms with van der Waals surface area (Å²) in [4.78, 5) is 21.4. The summed E-state index contributed by atoms with van der Waals surface area (Å²) in [6.07, 6.45) is 2.57. The summed E-state index contributed by atoms with van der Waals surface area (Å²) in [6.45, 7) is 1.77. The van der Waals surface area contributed by atoms with Crippen molar-refractivity contribution in [3.8, 4) is 0 Å². The van der Waals surface area contributed by atoms with Crippen LogP contribution in [0.4, 0.5) is 0 Å². The molecular weight excluding hydrogens is 146 g/mol. The molecule has 2 amide bonds. The number of ether oxygens (including phenoxy) is 1. The number of amides is 2. The van der Waals surface area contributed by atoms with E-state index >= 15 is 0 Å². The zero-order valence-electron chi connectivity index (χ0n) is 6.16. The Balaban J connectivity index is 2.47. The van der Waals surface area contributed by atoms with Crippen molar-refractivity contribution >= 4 is 11.8 Å². The molecule has 0 bridgehead atoms. The lowest BCUT2D eigenvalue weighted by atomic mass is 10.3. The molecule has 1 saturated heterocycles. The van der Waals surface area contributed by atoms with E-state index in [1.807, 2.05) is 0 Å². The summed E-state index contributed by atoms with van der Waals surface area (Å²) in [6, 6.07) is 0. The molecular formula is C7H9NO3. The highest BCUT2D eigenvalue weighted by Gasteiger charge is 2.31. The second-order valence-electron chi connectivity index (χ2n) is 2.21. The standard InChI is InChI=1S/C7H9NO3/c1-2-3-11-5-4-6(9)8-7(5)10/h2-3,5H,4H2,1H3,(H,8,9,10). The van der Waals surface area contributed by atoms with Crippen molar-refractivity contribution in [3.05, 3.63) is 12.3 Å². The zero-order chi connectivity index (χ0) is 8.27. The Hall–Kier alpha value is -1.32. The monoisotopic (exact) mass is 155 g/mol. The van der Waals surface area contributed by atoms with Crippen molar-refractivity contribution in [1.29, 1.82) is 0 Å². The summed E-state index contributed by atoms with van der Waals surface area (Å²) < 4.78 is 4.92. The van der Waals surface area contributed by atoms with Crippen molar-refractivity contribution in [1.82, 2.24) is 5.32 Å². The third kappa shape index (κ3) is 1.80. The number of nitrogens with one attached hydrogen (secondary N) is 1. The molecule has 1 N–H and O–H groups in total. The Morgan fingerprint density at radius 1 is 1.64 bits per heavy atom. The second kappa shape index (κ2) is 3.18. The van der Waals surface area contributed by atoms with E-state index in [0.717, 1.165) is 0 Å². The lowest BCUT2D eigenvalue weighted by Gasteiger charge is -2.03. The number of carbonyl (C=O) groups is 2. The Kier molecular flexibility index (Phi) is 2.25. The van der Waals surface area contributed by atoms with Gasteiger partial charge < -0.3 is 4.74 Å². The quantitative estimate of drug-likeness (QED) is 0.449. The normalized spacial score (nSPS) is 24.3. The molecule has 1 aliphatic heterocycles. The van der Waals surface area contributed by atoms with Crippen molar-refractivity contribution < 1.29 is 14.3 Å². The van der Waals surface area contributed by atoms with Crippen LogP contribution in [0.15, 0.2) is 12.3 Å². The first-order chi connectivity index (χ1) is 5.24. The predicted octanol–water partition coefficient (Wildman–Crippen LogP) is -0.0483. The molecule has 60 valence electrons. The fourth-order valence-electron chi connectivity index (χ4n) is 0.813. The first-order valence-electron chi connectivity index (χ1n) is 3.34. The number of allylic oxidation sites excluding steroid dienone is 1. The molecule has 1 fully saturated rings. The van der Waals surface area contributed by atoms with E-state index in [9.17, 15) is 9.59 Å². The molecule has 0 spiro atoms. The molecule has 11 heavy (non-hydrogen) atoms. The lowest BCUT2D eigenvalue weighted by Crippen LogP contribution is -2.25. The fourth-order valence-corrected chi connectivity index (χ4v) is 0.813. The third-order valence-electron chi connectivity index (χ3n) is 1.30. The number of imide groups is 1. The van der Waals surface area contributed by atoms with Gasteiger partial charge in [-0.05, 0) is 6.92 Å². The van der Waals surface area contributed by atoms with Crippen molar-refractivity contribution in [2.45, 2.75) is 19.4 Å². The lowest BCUT2D eigenvalue weighted by molar-refractivity contribution is -0.127. The minimum Gasteiger partial charge on any atom is -0.488 e. The molecule has 0 saturated carbocycles. The van der Waals surface area contributed by atoms with Gasteiger partial charge in [-0.15, -0.1) is 0 Å². The van der Waals surface area contributed by atoms with E-state index in [1.165, 1.54) is 6.26 Å². The average Bonchev–Trinajstić information content (AvgIpc) is 2.26. The molecule has 0 aromatic carbocycles. The molecule has 1 heterocycles. The van der Waals surface area contributed by atoms with E-state index in [4.69, 9.17) is 4.74 Å². The number of hydrogen-bond donors (Lipinski definition) is 1. The van der Waals surface area contributed by atoms with Gasteiger partial charge in [-0.2, -0.15) is 0 Å². The molecule has 1 atom stereocenters. The van der Waals surface area contributed by atoms with Crippen LogP contribution in [0, 0.1) is 0 Å². The van der Waals surface area contributed by atoms with E-state index in [0.29, 0.717) is 0 Å². The van der Waals surface area contributed by atoms with Gasteiger partial charge in [0, 0.05) is 0 Å². The van der Waals surface area contributed by atoms with Crippen LogP contribution in [0.3, 0.4) is 0 Å². The molecule has 1 rings (SSSR count). The average molecular weight is 155 g/mol. The van der Waals surface area contributed by atoms with Gasteiger partial charge in [0.25, 0.3) is 5.91 Å². The van der Waals surface area contributed by atoms with Crippen LogP contribution < -0.4 is 5.32 Å². The molecule has 0 aromatic rings. The van der Waals surface area contributed by atoms with Gasteiger partial charge in [-0.3, -0.25) is 14.9 Å². The molecule has 4 nitrogen and oxygen atoms in total. The van der Waals surface area contributed by atoms with Crippen LogP contribution in [0.2, 0.25) is 0 Å². The van der Waals surface area contributed by atoms with Gasteiger partial charge in [0.05, 0.1) is 12.7 Å². The first kappa shape index (κ1) is 7.78. The Labute approximate surface area is 64.2 Å². The predicted molar refractivity (Wildman–Crippen MR) is 37.5 cm³/mol. The van der Waals surface area contributed by atoms with Gasteiger partial charge in [-0.25, -0.2) is 0 Å². The minimum absolute atomic E-state index is 0.128. The number of hydrogen-bond acceptors (Lipinski definition) is 3. The summed E-state index contributed by atoms with van der Waals surface area (Å²) in [5.41, 5.74) is 0. The smallest absolute Gasteiger partial charge is 0.268 e. The van der Waals surface area contributed by atoms with Crippen LogP contribution >= 0.6 is 0 Å². The van der Waals surface area contributed by atoms with Crippen molar-refractivity contribution in [3.63, 3.8) is 0 Å². The highest BCUT2D eigenvalue weighted by atomic mass is 16.5. The Bertz CT molecular complexity index is 210. The van der Waals surface area contributed by atoms with Crippen LogP contribution in [0.25, 0.3) is 0 Å². The van der Waals surface area contributed by atoms with Gasteiger partial charge in [0.15, 0.2) is 6.10 Å². The van der Waals surface area contributed by atoms with E-state index in [1.54, 1.807) is 13.0 Å². The SMILES string of the molecule is CC=COC1CC(=O)NC1=O.